The van der Waals surface area contributed by atoms with Crippen LogP contribution in [0.1, 0.15) is 26.3 Å². The molecule has 0 heterocycles. The number of rotatable bonds is 2. The quantitative estimate of drug-likeness (QED) is 0.596. The van der Waals surface area contributed by atoms with Gasteiger partial charge < -0.3 is 4.43 Å². The number of aryl methyl sites for hydroxylation is 1. The Morgan fingerprint density at radius 2 is 1.75 bits per heavy atom. The Hall–Kier alpha value is -0.413. The van der Waals surface area contributed by atoms with Gasteiger partial charge in [0.05, 0.1) is 0 Å². The molecule has 90 valence electrons. The number of benzene rings is 1. The van der Waals surface area contributed by atoms with Crippen LogP contribution in [0, 0.1) is 6.92 Å². The Balaban J connectivity index is 2.97. The molecule has 0 aliphatic heterocycles. The second-order valence-corrected chi connectivity index (χ2v) is 11.1. The first-order valence-electron chi connectivity index (χ1n) is 5.62. The van der Waals surface area contributed by atoms with Crippen molar-refractivity contribution >= 4 is 20.9 Å². The van der Waals surface area contributed by atoms with Crippen molar-refractivity contribution in [3.63, 3.8) is 0 Å². The molecular formula is C13H22OSSi. The third kappa shape index (κ3) is 3.05. The van der Waals surface area contributed by atoms with Gasteiger partial charge >= 0.3 is 0 Å². The van der Waals surface area contributed by atoms with Crippen molar-refractivity contribution in [1.29, 1.82) is 0 Å². The molecule has 0 radical (unpaired) electrons. The topological polar surface area (TPSA) is 9.23 Å². The Morgan fingerprint density at radius 1 is 1.19 bits per heavy atom. The maximum atomic E-state index is 6.26. The Morgan fingerprint density at radius 3 is 2.19 bits per heavy atom. The van der Waals surface area contributed by atoms with Gasteiger partial charge in [0, 0.05) is 4.90 Å². The summed E-state index contributed by atoms with van der Waals surface area (Å²) in [5.74, 6) is 1.00. The second-order valence-electron chi connectivity index (χ2n) is 5.81. The van der Waals surface area contributed by atoms with Gasteiger partial charge in [0.2, 0.25) is 8.32 Å². The van der Waals surface area contributed by atoms with E-state index in [0.717, 1.165) is 16.2 Å². The van der Waals surface area contributed by atoms with Crippen LogP contribution in [0.3, 0.4) is 0 Å². The van der Waals surface area contributed by atoms with Crippen molar-refractivity contribution in [1.82, 2.24) is 0 Å². The molecule has 0 saturated carbocycles. The molecule has 1 aromatic carbocycles. The molecule has 0 spiro atoms. The summed E-state index contributed by atoms with van der Waals surface area (Å²) in [6.07, 6.45) is 0. The zero-order valence-corrected chi connectivity index (χ0v) is 13.0. The highest BCUT2D eigenvalue weighted by atomic mass is 32.1. The second kappa shape index (κ2) is 4.45. The first kappa shape index (κ1) is 13.7. The Labute approximate surface area is 106 Å². The highest BCUT2D eigenvalue weighted by molar-refractivity contribution is 7.80. The van der Waals surface area contributed by atoms with Gasteiger partial charge in [-0.15, -0.1) is 12.6 Å². The molecule has 0 N–H and O–H groups in total. The lowest BCUT2D eigenvalue weighted by Crippen LogP contribution is -2.44. The summed E-state index contributed by atoms with van der Waals surface area (Å²) >= 11 is 4.33. The normalized spacial score (nSPS) is 12.7. The summed E-state index contributed by atoms with van der Waals surface area (Å²) < 4.78 is 6.26. The van der Waals surface area contributed by atoms with Gasteiger partial charge in [0.1, 0.15) is 5.75 Å². The van der Waals surface area contributed by atoms with Crippen LogP contribution >= 0.6 is 12.6 Å². The molecule has 0 aliphatic carbocycles. The minimum absolute atomic E-state index is 0.235. The van der Waals surface area contributed by atoms with Crippen LogP contribution in [0.4, 0.5) is 0 Å². The van der Waals surface area contributed by atoms with E-state index in [2.05, 4.69) is 53.4 Å². The van der Waals surface area contributed by atoms with Crippen molar-refractivity contribution < 1.29 is 4.43 Å². The molecule has 3 heteroatoms. The van der Waals surface area contributed by atoms with Crippen molar-refractivity contribution in [2.24, 2.45) is 0 Å². The summed E-state index contributed by atoms with van der Waals surface area (Å²) in [5, 5.41) is 0.235. The predicted octanol–water partition coefficient (Wildman–Crippen LogP) is 4.67. The highest BCUT2D eigenvalue weighted by Crippen LogP contribution is 2.38. The molecule has 0 saturated heterocycles. The van der Waals surface area contributed by atoms with Gasteiger partial charge in [0.15, 0.2) is 0 Å². The highest BCUT2D eigenvalue weighted by Gasteiger charge is 2.39. The van der Waals surface area contributed by atoms with Gasteiger partial charge in [0.25, 0.3) is 0 Å². The fourth-order valence-corrected chi connectivity index (χ4v) is 2.53. The Bertz CT molecular complexity index is 380. The summed E-state index contributed by atoms with van der Waals surface area (Å²) in [6, 6.07) is 6.06. The van der Waals surface area contributed by atoms with Crippen LogP contribution in [0.2, 0.25) is 18.1 Å². The lowest BCUT2D eigenvalue weighted by atomic mass is 10.2. The third-order valence-electron chi connectivity index (χ3n) is 3.33. The van der Waals surface area contributed by atoms with E-state index >= 15 is 0 Å². The number of hydrogen-bond acceptors (Lipinski definition) is 2. The van der Waals surface area contributed by atoms with Gasteiger partial charge in [-0.2, -0.15) is 0 Å². The monoisotopic (exact) mass is 254 g/mol. The predicted molar refractivity (Wildman–Crippen MR) is 76.3 cm³/mol. The smallest absolute Gasteiger partial charge is 0.250 e. The number of thiol groups is 1. The fourth-order valence-electron chi connectivity index (χ4n) is 1.18. The zero-order chi connectivity index (χ0) is 12.6. The molecule has 0 unspecified atom stereocenters. The fraction of sp³-hybridized carbons (Fsp3) is 0.538. The van der Waals surface area contributed by atoms with Crippen LogP contribution in [-0.4, -0.2) is 8.32 Å². The van der Waals surface area contributed by atoms with Crippen LogP contribution in [0.25, 0.3) is 0 Å². The summed E-state index contributed by atoms with van der Waals surface area (Å²) in [5.41, 5.74) is 1.16. The standard InChI is InChI=1S/C13H22OSSi/c1-10-9-11(15)7-8-12(10)14-16(5,6)13(2,3)4/h7-9,15H,1-6H3. The average Bonchev–Trinajstić information content (AvgIpc) is 2.08. The minimum atomic E-state index is -1.72. The van der Waals surface area contributed by atoms with Crippen molar-refractivity contribution in [3.05, 3.63) is 23.8 Å². The van der Waals surface area contributed by atoms with Crippen molar-refractivity contribution in [3.8, 4) is 5.75 Å². The molecule has 0 bridgehead atoms. The lowest BCUT2D eigenvalue weighted by molar-refractivity contribution is 0.489. The molecule has 1 rings (SSSR count). The third-order valence-corrected chi connectivity index (χ3v) is 7.95. The van der Waals surface area contributed by atoms with E-state index in [1.165, 1.54) is 0 Å². The van der Waals surface area contributed by atoms with Gasteiger partial charge in [-0.05, 0) is 48.8 Å². The molecule has 0 aromatic heterocycles. The largest absolute Gasteiger partial charge is 0.543 e. The first-order chi connectivity index (χ1) is 7.13. The van der Waals surface area contributed by atoms with Crippen LogP contribution in [0.15, 0.2) is 23.1 Å². The summed E-state index contributed by atoms with van der Waals surface area (Å²) in [4.78, 5) is 0.986. The van der Waals surface area contributed by atoms with E-state index in [1.807, 2.05) is 18.2 Å². The molecule has 0 fully saturated rings. The van der Waals surface area contributed by atoms with E-state index in [-0.39, 0.29) is 5.04 Å². The van der Waals surface area contributed by atoms with Crippen molar-refractivity contribution in [2.45, 2.75) is 50.7 Å². The van der Waals surface area contributed by atoms with Gasteiger partial charge in [-0.1, -0.05) is 20.8 Å². The molecule has 1 aromatic rings. The summed E-state index contributed by atoms with van der Waals surface area (Å²) in [6.45, 7) is 13.4. The van der Waals surface area contributed by atoms with Gasteiger partial charge in [-0.25, -0.2) is 0 Å². The number of hydrogen-bond donors (Lipinski definition) is 1. The summed E-state index contributed by atoms with van der Waals surface area (Å²) in [7, 11) is -1.72. The molecule has 16 heavy (non-hydrogen) atoms. The van der Waals surface area contributed by atoms with Crippen LogP contribution in [-0.2, 0) is 0 Å². The van der Waals surface area contributed by atoms with E-state index in [9.17, 15) is 0 Å². The van der Waals surface area contributed by atoms with E-state index in [0.29, 0.717) is 0 Å². The van der Waals surface area contributed by atoms with Gasteiger partial charge in [-0.3, -0.25) is 0 Å². The molecule has 0 amide bonds. The Kier molecular flexibility index (Phi) is 3.80. The van der Waals surface area contributed by atoms with E-state index in [1.54, 1.807) is 0 Å². The van der Waals surface area contributed by atoms with Crippen molar-refractivity contribution in [2.75, 3.05) is 0 Å². The minimum Gasteiger partial charge on any atom is -0.543 e. The van der Waals surface area contributed by atoms with Crippen LogP contribution < -0.4 is 4.43 Å². The maximum absolute atomic E-state index is 6.26. The van der Waals surface area contributed by atoms with Crippen LogP contribution in [0.5, 0.6) is 5.75 Å². The molecule has 1 nitrogen and oxygen atoms in total. The molecule has 0 atom stereocenters. The first-order valence-corrected chi connectivity index (χ1v) is 8.98. The SMILES string of the molecule is Cc1cc(S)ccc1O[Si](C)(C)C(C)(C)C. The van der Waals surface area contributed by atoms with E-state index in [4.69, 9.17) is 4.43 Å². The zero-order valence-electron chi connectivity index (χ0n) is 11.1. The molecular weight excluding hydrogens is 232 g/mol. The van der Waals surface area contributed by atoms with E-state index < -0.39 is 8.32 Å². The lowest BCUT2D eigenvalue weighted by Gasteiger charge is -2.36. The average molecular weight is 254 g/mol. The maximum Gasteiger partial charge on any atom is 0.250 e. The molecule has 0 aliphatic rings.